The zero-order valence-electron chi connectivity index (χ0n) is 14.3. The Morgan fingerprint density at radius 3 is 2.36 bits per heavy atom. The molecule has 0 saturated carbocycles. The van der Waals surface area contributed by atoms with E-state index in [1.165, 1.54) is 0 Å². The van der Waals surface area contributed by atoms with Gasteiger partial charge in [0, 0.05) is 17.1 Å². The van der Waals surface area contributed by atoms with E-state index in [0.29, 0.717) is 10.6 Å². The molecule has 5 nitrogen and oxygen atoms in total. The summed E-state index contributed by atoms with van der Waals surface area (Å²) in [5, 5.41) is 3.39. The normalized spacial score (nSPS) is 12.6. The number of amides is 1. The molecule has 25 heavy (non-hydrogen) atoms. The predicted molar refractivity (Wildman–Crippen MR) is 101 cm³/mol. The van der Waals surface area contributed by atoms with Crippen molar-refractivity contribution in [1.82, 2.24) is 4.72 Å². The van der Waals surface area contributed by atoms with Gasteiger partial charge in [0.05, 0.1) is 12.3 Å². The van der Waals surface area contributed by atoms with Gasteiger partial charge in [0.15, 0.2) is 0 Å². The van der Waals surface area contributed by atoms with Crippen molar-refractivity contribution in [3.63, 3.8) is 0 Å². The van der Waals surface area contributed by atoms with Crippen molar-refractivity contribution in [3.05, 3.63) is 64.2 Å². The standard InChI is InChI=1S/C18H21ClN2O3S/c1-12-4-5-13(2)16(10-12)20-18(22)11-17(21-25(3,23)24)14-6-8-15(19)9-7-14/h4-10,17,21H,11H2,1-3H3,(H,20,22)/t17-/m0/s1. The highest BCUT2D eigenvalue weighted by Crippen LogP contribution is 2.22. The van der Waals surface area contributed by atoms with Crippen molar-refractivity contribution >= 4 is 33.2 Å². The molecular formula is C18H21ClN2O3S. The molecule has 0 radical (unpaired) electrons. The molecule has 0 spiro atoms. The third-order valence-electron chi connectivity index (χ3n) is 3.69. The minimum absolute atomic E-state index is 0.0257. The van der Waals surface area contributed by atoms with Crippen molar-refractivity contribution in [3.8, 4) is 0 Å². The van der Waals surface area contributed by atoms with E-state index in [1.54, 1.807) is 24.3 Å². The number of carbonyl (C=O) groups is 1. The van der Waals surface area contributed by atoms with E-state index in [1.807, 2.05) is 32.0 Å². The number of anilines is 1. The van der Waals surface area contributed by atoms with Gasteiger partial charge in [-0.1, -0.05) is 35.9 Å². The van der Waals surface area contributed by atoms with Gasteiger partial charge in [0.2, 0.25) is 15.9 Å². The van der Waals surface area contributed by atoms with E-state index in [2.05, 4.69) is 10.0 Å². The van der Waals surface area contributed by atoms with Crippen LogP contribution in [0, 0.1) is 13.8 Å². The Labute approximate surface area is 153 Å². The summed E-state index contributed by atoms with van der Waals surface area (Å²) < 4.78 is 25.8. The van der Waals surface area contributed by atoms with Crippen molar-refractivity contribution in [2.45, 2.75) is 26.3 Å². The number of nitrogens with one attached hydrogen (secondary N) is 2. The molecule has 1 amide bonds. The van der Waals surface area contributed by atoms with Crippen LogP contribution in [0.3, 0.4) is 0 Å². The van der Waals surface area contributed by atoms with Gasteiger partial charge in [0.25, 0.3) is 0 Å². The van der Waals surface area contributed by atoms with Crippen molar-refractivity contribution in [2.24, 2.45) is 0 Å². The Morgan fingerprint density at radius 1 is 1.12 bits per heavy atom. The third kappa shape index (κ3) is 6.16. The molecule has 0 heterocycles. The largest absolute Gasteiger partial charge is 0.326 e. The second-order valence-electron chi connectivity index (χ2n) is 6.06. The number of halogens is 1. The number of hydrogen-bond acceptors (Lipinski definition) is 3. The number of hydrogen-bond donors (Lipinski definition) is 2. The van der Waals surface area contributed by atoms with Crippen LogP contribution >= 0.6 is 11.6 Å². The smallest absolute Gasteiger partial charge is 0.226 e. The molecule has 0 fully saturated rings. The highest BCUT2D eigenvalue weighted by Gasteiger charge is 2.20. The lowest BCUT2D eigenvalue weighted by Crippen LogP contribution is -2.30. The molecular weight excluding hydrogens is 360 g/mol. The average Bonchev–Trinajstić information content (AvgIpc) is 2.49. The van der Waals surface area contributed by atoms with Gasteiger partial charge >= 0.3 is 0 Å². The van der Waals surface area contributed by atoms with Gasteiger partial charge < -0.3 is 5.32 Å². The van der Waals surface area contributed by atoms with Gasteiger partial charge in [-0.2, -0.15) is 0 Å². The summed E-state index contributed by atoms with van der Waals surface area (Å²) in [5.74, 6) is -0.273. The topological polar surface area (TPSA) is 75.3 Å². The fourth-order valence-corrected chi connectivity index (χ4v) is 3.30. The first-order valence-corrected chi connectivity index (χ1v) is 10.0. The summed E-state index contributed by atoms with van der Waals surface area (Å²) in [7, 11) is -3.48. The molecule has 2 rings (SSSR count). The minimum Gasteiger partial charge on any atom is -0.326 e. The molecule has 0 saturated heterocycles. The van der Waals surface area contributed by atoms with Crippen molar-refractivity contribution < 1.29 is 13.2 Å². The zero-order valence-corrected chi connectivity index (χ0v) is 15.9. The Morgan fingerprint density at radius 2 is 1.76 bits per heavy atom. The third-order valence-corrected chi connectivity index (χ3v) is 4.65. The van der Waals surface area contributed by atoms with Crippen LogP contribution in [0.2, 0.25) is 5.02 Å². The van der Waals surface area contributed by atoms with Gasteiger partial charge in [0.1, 0.15) is 0 Å². The maximum atomic E-state index is 12.4. The number of benzene rings is 2. The van der Waals surface area contributed by atoms with E-state index in [9.17, 15) is 13.2 Å². The zero-order chi connectivity index (χ0) is 18.6. The first-order valence-electron chi connectivity index (χ1n) is 7.74. The summed E-state index contributed by atoms with van der Waals surface area (Å²) in [4.78, 5) is 12.4. The number of sulfonamides is 1. The molecule has 0 bridgehead atoms. The summed E-state index contributed by atoms with van der Waals surface area (Å²) in [6.07, 6.45) is 1.04. The molecule has 7 heteroatoms. The molecule has 0 unspecified atom stereocenters. The Bertz CT molecular complexity index is 864. The Hall–Kier alpha value is -1.89. The van der Waals surface area contributed by atoms with Gasteiger partial charge in [-0.25, -0.2) is 13.1 Å². The Balaban J connectivity index is 2.19. The first-order chi connectivity index (χ1) is 11.6. The summed E-state index contributed by atoms with van der Waals surface area (Å²) in [5.41, 5.74) is 3.37. The minimum atomic E-state index is -3.48. The van der Waals surface area contributed by atoms with E-state index in [4.69, 9.17) is 11.6 Å². The molecule has 2 aromatic carbocycles. The lowest BCUT2D eigenvalue weighted by atomic mass is 10.0. The Kier molecular flexibility index (Phi) is 6.21. The highest BCUT2D eigenvalue weighted by atomic mass is 35.5. The van der Waals surface area contributed by atoms with Crippen molar-refractivity contribution in [1.29, 1.82) is 0 Å². The summed E-state index contributed by atoms with van der Waals surface area (Å²) >= 11 is 5.88. The second kappa shape index (κ2) is 7.99. The number of rotatable bonds is 6. The molecule has 0 aliphatic rings. The summed E-state index contributed by atoms with van der Waals surface area (Å²) in [6, 6.07) is 11.8. The second-order valence-corrected chi connectivity index (χ2v) is 8.28. The van der Waals surface area contributed by atoms with Crippen LogP contribution in [0.5, 0.6) is 0 Å². The summed E-state index contributed by atoms with van der Waals surface area (Å²) in [6.45, 7) is 3.84. The van der Waals surface area contributed by atoms with Crippen LogP contribution < -0.4 is 10.0 Å². The van der Waals surface area contributed by atoms with E-state index < -0.39 is 16.1 Å². The molecule has 0 aromatic heterocycles. The van der Waals surface area contributed by atoms with E-state index in [-0.39, 0.29) is 12.3 Å². The molecule has 0 aliphatic carbocycles. The van der Waals surface area contributed by atoms with Crippen LogP contribution in [0.15, 0.2) is 42.5 Å². The quantitative estimate of drug-likeness (QED) is 0.804. The lowest BCUT2D eigenvalue weighted by molar-refractivity contribution is -0.116. The van der Waals surface area contributed by atoms with Crippen LogP contribution in [0.1, 0.15) is 29.2 Å². The monoisotopic (exact) mass is 380 g/mol. The predicted octanol–water partition coefficient (Wildman–Crippen LogP) is 3.58. The molecule has 2 aromatic rings. The van der Waals surface area contributed by atoms with Crippen LogP contribution in [0.25, 0.3) is 0 Å². The maximum absolute atomic E-state index is 12.4. The van der Waals surface area contributed by atoms with E-state index >= 15 is 0 Å². The first kappa shape index (κ1) is 19.4. The fraction of sp³-hybridized carbons (Fsp3) is 0.278. The highest BCUT2D eigenvalue weighted by molar-refractivity contribution is 7.88. The fourth-order valence-electron chi connectivity index (χ4n) is 2.44. The molecule has 0 aliphatic heterocycles. The lowest BCUT2D eigenvalue weighted by Gasteiger charge is -2.18. The van der Waals surface area contributed by atoms with Gasteiger partial charge in [-0.15, -0.1) is 0 Å². The van der Waals surface area contributed by atoms with Gasteiger partial charge in [-0.3, -0.25) is 4.79 Å². The van der Waals surface area contributed by atoms with Gasteiger partial charge in [-0.05, 0) is 48.7 Å². The van der Waals surface area contributed by atoms with Crippen molar-refractivity contribution in [2.75, 3.05) is 11.6 Å². The molecule has 2 N–H and O–H groups in total. The van der Waals surface area contributed by atoms with Crippen LogP contribution in [-0.2, 0) is 14.8 Å². The van der Waals surface area contributed by atoms with E-state index in [0.717, 1.165) is 23.1 Å². The molecule has 134 valence electrons. The van der Waals surface area contributed by atoms with Crippen LogP contribution in [-0.4, -0.2) is 20.6 Å². The van der Waals surface area contributed by atoms with Crippen LogP contribution in [0.4, 0.5) is 5.69 Å². The molecule has 1 atom stereocenters. The number of carbonyl (C=O) groups excluding carboxylic acids is 1. The maximum Gasteiger partial charge on any atom is 0.226 e. The average molecular weight is 381 g/mol. The SMILES string of the molecule is Cc1ccc(C)c(NC(=O)C[C@H](NS(C)(=O)=O)c2ccc(Cl)cc2)c1. The number of aryl methyl sites for hydroxylation is 2.